The fourth-order valence-electron chi connectivity index (χ4n) is 3.39. The molecule has 0 spiro atoms. The fraction of sp³-hybridized carbons (Fsp3) is 0.588. The third-order valence-electron chi connectivity index (χ3n) is 4.90. The van der Waals surface area contributed by atoms with E-state index >= 15 is 0 Å². The van der Waals surface area contributed by atoms with Crippen molar-refractivity contribution in [3.63, 3.8) is 0 Å². The van der Waals surface area contributed by atoms with Crippen molar-refractivity contribution in [2.75, 3.05) is 46.9 Å². The number of rotatable bonds is 5. The third kappa shape index (κ3) is 3.65. The molecule has 26 heavy (non-hydrogen) atoms. The summed E-state index contributed by atoms with van der Waals surface area (Å²) in [7, 11) is -0.808. The minimum absolute atomic E-state index is 0.0681. The summed E-state index contributed by atoms with van der Waals surface area (Å²) in [5.41, 5.74) is 0. The zero-order chi connectivity index (χ0) is 18.7. The van der Waals surface area contributed by atoms with Gasteiger partial charge in [-0.3, -0.25) is 4.79 Å². The highest BCUT2D eigenvalue weighted by Crippen LogP contribution is 2.31. The summed E-state index contributed by atoms with van der Waals surface area (Å²) in [6, 6.07) is 4.57. The van der Waals surface area contributed by atoms with Crippen molar-refractivity contribution in [1.82, 2.24) is 14.5 Å². The van der Waals surface area contributed by atoms with Gasteiger partial charge in [-0.25, -0.2) is 8.42 Å². The van der Waals surface area contributed by atoms with Gasteiger partial charge in [-0.1, -0.05) is 0 Å². The van der Waals surface area contributed by atoms with Crippen LogP contribution in [0.4, 0.5) is 0 Å². The van der Waals surface area contributed by atoms with Crippen molar-refractivity contribution < 1.29 is 22.7 Å². The van der Waals surface area contributed by atoms with Gasteiger partial charge in [0.25, 0.3) is 0 Å². The monoisotopic (exact) mass is 383 g/mol. The molecule has 1 amide bonds. The lowest BCUT2D eigenvalue weighted by Gasteiger charge is -2.35. The van der Waals surface area contributed by atoms with Crippen LogP contribution >= 0.6 is 0 Å². The Hall–Kier alpha value is -1.84. The van der Waals surface area contributed by atoms with Gasteiger partial charge in [0.05, 0.1) is 20.3 Å². The Bertz CT molecular complexity index is 754. The van der Waals surface area contributed by atoms with Crippen molar-refractivity contribution in [2.45, 2.75) is 23.8 Å². The quantitative estimate of drug-likeness (QED) is 0.786. The highest BCUT2D eigenvalue weighted by Gasteiger charge is 2.34. The molecule has 2 aliphatic heterocycles. The zero-order valence-corrected chi connectivity index (χ0v) is 15.9. The molecule has 2 aliphatic rings. The van der Waals surface area contributed by atoms with Crippen LogP contribution in [0.1, 0.15) is 12.8 Å². The molecule has 0 saturated carbocycles. The zero-order valence-electron chi connectivity index (χ0n) is 15.1. The topological polar surface area (TPSA) is 88.2 Å². The molecule has 9 heteroatoms. The summed E-state index contributed by atoms with van der Waals surface area (Å²) in [6.45, 7) is 2.17. The van der Waals surface area contributed by atoms with Gasteiger partial charge in [0, 0.05) is 32.2 Å². The first kappa shape index (κ1) is 18.9. The molecule has 1 unspecified atom stereocenters. The lowest BCUT2D eigenvalue weighted by molar-refractivity contribution is -0.134. The van der Waals surface area contributed by atoms with Crippen molar-refractivity contribution >= 4 is 15.9 Å². The Labute approximate surface area is 154 Å². The van der Waals surface area contributed by atoms with Gasteiger partial charge in [-0.15, -0.1) is 0 Å². The molecule has 1 atom stereocenters. The number of piperazine rings is 1. The molecule has 1 aromatic carbocycles. The lowest BCUT2D eigenvalue weighted by Crippen LogP contribution is -2.54. The Balaban J connectivity index is 1.73. The van der Waals surface area contributed by atoms with Gasteiger partial charge in [0.1, 0.15) is 16.4 Å². The summed E-state index contributed by atoms with van der Waals surface area (Å²) < 4.78 is 37.8. The van der Waals surface area contributed by atoms with E-state index < -0.39 is 10.0 Å². The van der Waals surface area contributed by atoms with Crippen LogP contribution < -0.4 is 14.8 Å². The molecule has 0 bridgehead atoms. The number of hydrogen-bond acceptors (Lipinski definition) is 6. The number of sulfonamides is 1. The first-order chi connectivity index (χ1) is 12.5. The summed E-state index contributed by atoms with van der Waals surface area (Å²) in [5.74, 6) is 0.795. The van der Waals surface area contributed by atoms with Crippen LogP contribution in [0, 0.1) is 0 Å². The van der Waals surface area contributed by atoms with E-state index in [9.17, 15) is 13.2 Å². The standard InChI is InChI=1S/C17H25N3O5S/c1-24-13-5-6-15(25-2)16(12-13)26(22,23)20-10-8-19(9-11-20)17(21)14-4-3-7-18-14/h5-6,12,14,18H,3-4,7-11H2,1-2H3. The van der Waals surface area contributed by atoms with Crippen molar-refractivity contribution in [3.05, 3.63) is 18.2 Å². The molecule has 2 saturated heterocycles. The first-order valence-electron chi connectivity index (χ1n) is 8.71. The van der Waals surface area contributed by atoms with Crippen LogP contribution in [0.15, 0.2) is 23.1 Å². The van der Waals surface area contributed by atoms with Gasteiger partial charge >= 0.3 is 0 Å². The van der Waals surface area contributed by atoms with Crippen molar-refractivity contribution in [1.29, 1.82) is 0 Å². The van der Waals surface area contributed by atoms with Crippen LogP contribution in [-0.4, -0.2) is 76.5 Å². The van der Waals surface area contributed by atoms with Crippen LogP contribution in [0.25, 0.3) is 0 Å². The summed E-state index contributed by atoms with van der Waals surface area (Å²) in [4.78, 5) is 14.3. The molecular formula is C17H25N3O5S. The second-order valence-corrected chi connectivity index (χ2v) is 8.30. The van der Waals surface area contributed by atoms with Crippen LogP contribution in [0.3, 0.4) is 0 Å². The maximum absolute atomic E-state index is 13.0. The van der Waals surface area contributed by atoms with Gasteiger partial charge in [0.15, 0.2) is 0 Å². The number of carbonyl (C=O) groups excluding carboxylic acids is 1. The second-order valence-electron chi connectivity index (χ2n) is 6.40. The SMILES string of the molecule is COc1ccc(OC)c(S(=O)(=O)N2CCN(C(=O)C3CCCN3)CC2)c1. The molecule has 0 aliphatic carbocycles. The molecule has 2 heterocycles. The number of benzene rings is 1. The van der Waals surface area contributed by atoms with E-state index in [1.54, 1.807) is 17.0 Å². The predicted octanol–water partition coefficient (Wildman–Crippen LogP) is 0.289. The summed E-state index contributed by atoms with van der Waals surface area (Å²) >= 11 is 0. The average Bonchev–Trinajstić information content (AvgIpc) is 3.21. The smallest absolute Gasteiger partial charge is 0.247 e. The maximum atomic E-state index is 13.0. The summed E-state index contributed by atoms with van der Waals surface area (Å²) in [6.07, 6.45) is 1.85. The Morgan fingerprint density at radius 1 is 1.15 bits per heavy atom. The molecule has 0 radical (unpaired) electrons. The van der Waals surface area contributed by atoms with E-state index in [1.807, 2.05) is 0 Å². The Morgan fingerprint density at radius 3 is 2.46 bits per heavy atom. The van der Waals surface area contributed by atoms with E-state index in [-0.39, 0.29) is 35.7 Å². The fourth-order valence-corrected chi connectivity index (χ4v) is 4.98. The Kier molecular flexibility index (Phi) is 5.69. The normalized spacial score (nSPS) is 21.6. The van der Waals surface area contributed by atoms with Crippen molar-refractivity contribution in [2.24, 2.45) is 0 Å². The molecule has 2 fully saturated rings. The summed E-state index contributed by atoms with van der Waals surface area (Å²) in [5, 5.41) is 3.20. The van der Waals surface area contributed by atoms with Gasteiger partial charge in [-0.2, -0.15) is 4.31 Å². The molecule has 0 aromatic heterocycles. The lowest BCUT2D eigenvalue weighted by atomic mass is 10.2. The van der Waals surface area contributed by atoms with Gasteiger partial charge in [0.2, 0.25) is 15.9 Å². The van der Waals surface area contributed by atoms with E-state index in [2.05, 4.69) is 5.32 Å². The van der Waals surface area contributed by atoms with E-state index in [1.165, 1.54) is 24.6 Å². The number of nitrogens with one attached hydrogen (secondary N) is 1. The molecule has 8 nitrogen and oxygen atoms in total. The molecule has 144 valence electrons. The number of hydrogen-bond donors (Lipinski definition) is 1. The Morgan fingerprint density at radius 2 is 1.88 bits per heavy atom. The molecule has 1 N–H and O–H groups in total. The average molecular weight is 383 g/mol. The minimum Gasteiger partial charge on any atom is -0.497 e. The number of amides is 1. The highest BCUT2D eigenvalue weighted by molar-refractivity contribution is 7.89. The number of ether oxygens (including phenoxy) is 2. The van der Waals surface area contributed by atoms with E-state index in [0.29, 0.717) is 18.8 Å². The van der Waals surface area contributed by atoms with Gasteiger partial charge < -0.3 is 19.7 Å². The van der Waals surface area contributed by atoms with E-state index in [4.69, 9.17) is 9.47 Å². The molecule has 3 rings (SSSR count). The number of nitrogens with zero attached hydrogens (tertiary/aromatic N) is 2. The van der Waals surface area contributed by atoms with Gasteiger partial charge in [-0.05, 0) is 31.5 Å². The highest BCUT2D eigenvalue weighted by atomic mass is 32.2. The van der Waals surface area contributed by atoms with E-state index in [0.717, 1.165) is 19.4 Å². The number of methoxy groups -OCH3 is 2. The van der Waals surface area contributed by atoms with Crippen LogP contribution in [0.2, 0.25) is 0 Å². The number of carbonyl (C=O) groups is 1. The first-order valence-corrected chi connectivity index (χ1v) is 10.2. The molecule has 1 aromatic rings. The maximum Gasteiger partial charge on any atom is 0.247 e. The minimum atomic E-state index is -3.73. The third-order valence-corrected chi connectivity index (χ3v) is 6.82. The van der Waals surface area contributed by atoms with Crippen molar-refractivity contribution in [3.8, 4) is 11.5 Å². The predicted molar refractivity (Wildman–Crippen MR) is 95.9 cm³/mol. The largest absolute Gasteiger partial charge is 0.497 e. The van der Waals surface area contributed by atoms with Crippen LogP contribution in [-0.2, 0) is 14.8 Å². The van der Waals surface area contributed by atoms with Crippen LogP contribution in [0.5, 0.6) is 11.5 Å². The molecular weight excluding hydrogens is 358 g/mol. The second kappa shape index (κ2) is 7.81.